The fourth-order valence-corrected chi connectivity index (χ4v) is 3.48. The summed E-state index contributed by atoms with van der Waals surface area (Å²) >= 11 is 13.5. The van der Waals surface area contributed by atoms with Crippen LogP contribution in [0.25, 0.3) is 0 Å². The van der Waals surface area contributed by atoms with Gasteiger partial charge in [-0.05, 0) is 36.8 Å². The predicted molar refractivity (Wildman–Crippen MR) is 115 cm³/mol. The zero-order chi connectivity index (χ0) is 20.1. The molecule has 3 rings (SSSR count). The average Bonchev–Trinajstić information content (AvgIpc) is 3.03. The van der Waals surface area contributed by atoms with Crippen LogP contribution < -0.4 is 10.6 Å². The number of thioether (sulfide) groups is 1. The summed E-state index contributed by atoms with van der Waals surface area (Å²) in [5.74, 6) is 0.804. The maximum atomic E-state index is 12.2. The van der Waals surface area contributed by atoms with Gasteiger partial charge in [-0.2, -0.15) is 0 Å². The quantitative estimate of drug-likeness (QED) is 0.522. The van der Waals surface area contributed by atoms with Gasteiger partial charge in [0.2, 0.25) is 5.91 Å². The lowest BCUT2D eigenvalue weighted by atomic mass is 10.2. The van der Waals surface area contributed by atoms with E-state index in [1.807, 2.05) is 48.9 Å². The van der Waals surface area contributed by atoms with E-state index < -0.39 is 0 Å². The molecule has 3 aromatic rings. The van der Waals surface area contributed by atoms with Gasteiger partial charge < -0.3 is 15.2 Å². The fraction of sp³-hybridized carbons (Fsp3) is 0.211. The zero-order valence-corrected chi connectivity index (χ0v) is 17.7. The summed E-state index contributed by atoms with van der Waals surface area (Å²) in [5, 5.41) is 16.3. The van der Waals surface area contributed by atoms with Crippen molar-refractivity contribution in [1.82, 2.24) is 14.8 Å². The van der Waals surface area contributed by atoms with Crippen LogP contribution in [0.15, 0.2) is 47.6 Å². The van der Waals surface area contributed by atoms with Crippen molar-refractivity contribution in [3.05, 3.63) is 63.9 Å². The van der Waals surface area contributed by atoms with Crippen molar-refractivity contribution in [2.75, 3.05) is 16.4 Å². The number of benzene rings is 2. The smallest absolute Gasteiger partial charge is 0.234 e. The lowest BCUT2D eigenvalue weighted by molar-refractivity contribution is -0.113. The molecule has 1 heterocycles. The summed E-state index contributed by atoms with van der Waals surface area (Å²) in [6.45, 7) is 2.45. The van der Waals surface area contributed by atoms with E-state index in [0.717, 1.165) is 17.1 Å². The number of amides is 1. The highest BCUT2D eigenvalue weighted by atomic mass is 35.5. The Bertz CT molecular complexity index is 992. The minimum atomic E-state index is -0.157. The maximum absolute atomic E-state index is 12.2. The average molecular weight is 436 g/mol. The van der Waals surface area contributed by atoms with Crippen molar-refractivity contribution in [2.45, 2.75) is 18.6 Å². The first-order valence-electron chi connectivity index (χ1n) is 8.49. The number of halogens is 2. The minimum absolute atomic E-state index is 0.157. The topological polar surface area (TPSA) is 71.8 Å². The highest BCUT2D eigenvalue weighted by molar-refractivity contribution is 7.99. The third-order valence-electron chi connectivity index (χ3n) is 4.03. The Balaban J connectivity index is 1.54. The van der Waals surface area contributed by atoms with Gasteiger partial charge in [0.25, 0.3) is 0 Å². The largest absolute Gasteiger partial charge is 0.378 e. The summed E-state index contributed by atoms with van der Waals surface area (Å²) in [6, 6.07) is 12.9. The van der Waals surface area contributed by atoms with Crippen molar-refractivity contribution < 1.29 is 4.79 Å². The van der Waals surface area contributed by atoms with E-state index in [9.17, 15) is 4.79 Å². The number of aryl methyl sites for hydroxylation is 1. The second kappa shape index (κ2) is 9.32. The zero-order valence-electron chi connectivity index (χ0n) is 15.4. The Morgan fingerprint density at radius 3 is 2.68 bits per heavy atom. The molecule has 0 bridgehead atoms. The van der Waals surface area contributed by atoms with Crippen LogP contribution in [0.5, 0.6) is 0 Å². The Morgan fingerprint density at radius 2 is 1.93 bits per heavy atom. The van der Waals surface area contributed by atoms with Crippen LogP contribution in [-0.2, 0) is 18.4 Å². The number of rotatable bonds is 7. The lowest BCUT2D eigenvalue weighted by Gasteiger charge is -2.08. The van der Waals surface area contributed by atoms with E-state index in [1.54, 1.807) is 12.1 Å². The molecular formula is C19H19Cl2N5OS. The second-order valence-electron chi connectivity index (χ2n) is 6.09. The molecule has 28 heavy (non-hydrogen) atoms. The standard InChI is InChI=1S/C19H19Cl2N5OS/c1-12-7-8-13(9-15(12)21)22-10-17-24-25-19(26(17)2)28-11-18(27)23-16-6-4-3-5-14(16)20/h3-9,22H,10-11H2,1-2H3,(H,23,27). The van der Waals surface area contributed by atoms with Crippen LogP contribution in [0.3, 0.4) is 0 Å². The third kappa shape index (κ3) is 5.19. The van der Waals surface area contributed by atoms with Gasteiger partial charge in [-0.15, -0.1) is 10.2 Å². The van der Waals surface area contributed by atoms with E-state index in [-0.39, 0.29) is 11.7 Å². The monoisotopic (exact) mass is 435 g/mol. The second-order valence-corrected chi connectivity index (χ2v) is 7.85. The van der Waals surface area contributed by atoms with E-state index in [1.165, 1.54) is 11.8 Å². The van der Waals surface area contributed by atoms with Crippen LogP contribution in [0.1, 0.15) is 11.4 Å². The number of carbonyl (C=O) groups excluding carboxylic acids is 1. The highest BCUT2D eigenvalue weighted by Crippen LogP contribution is 2.23. The van der Waals surface area contributed by atoms with Crippen LogP contribution in [0, 0.1) is 6.92 Å². The number of hydrogen-bond acceptors (Lipinski definition) is 5. The van der Waals surface area contributed by atoms with Gasteiger partial charge in [-0.3, -0.25) is 4.79 Å². The minimum Gasteiger partial charge on any atom is -0.378 e. The molecule has 0 spiro atoms. The molecule has 0 aliphatic carbocycles. The van der Waals surface area contributed by atoms with Gasteiger partial charge >= 0.3 is 0 Å². The predicted octanol–water partition coefficient (Wildman–Crippen LogP) is 4.77. The number of hydrogen-bond donors (Lipinski definition) is 2. The first-order valence-corrected chi connectivity index (χ1v) is 10.2. The van der Waals surface area contributed by atoms with Crippen molar-refractivity contribution in [3.63, 3.8) is 0 Å². The van der Waals surface area contributed by atoms with Gasteiger partial charge in [0, 0.05) is 17.8 Å². The number of nitrogens with zero attached hydrogens (tertiary/aromatic N) is 3. The van der Waals surface area contributed by atoms with Gasteiger partial charge in [0.15, 0.2) is 11.0 Å². The van der Waals surface area contributed by atoms with Crippen LogP contribution in [-0.4, -0.2) is 26.4 Å². The normalized spacial score (nSPS) is 10.7. The summed E-state index contributed by atoms with van der Waals surface area (Å²) in [5.41, 5.74) is 2.53. The van der Waals surface area contributed by atoms with E-state index in [4.69, 9.17) is 23.2 Å². The lowest BCUT2D eigenvalue weighted by Crippen LogP contribution is -2.15. The number of carbonyl (C=O) groups is 1. The molecule has 0 atom stereocenters. The Hall–Kier alpha value is -2.22. The molecule has 0 aliphatic rings. The molecule has 2 N–H and O–H groups in total. The van der Waals surface area contributed by atoms with Crippen molar-refractivity contribution in [2.24, 2.45) is 7.05 Å². The SMILES string of the molecule is Cc1ccc(NCc2nnc(SCC(=O)Nc3ccccc3Cl)n2C)cc1Cl. The van der Waals surface area contributed by atoms with Gasteiger partial charge in [-0.1, -0.05) is 53.2 Å². The summed E-state index contributed by atoms with van der Waals surface area (Å²) < 4.78 is 1.86. The molecule has 0 aliphatic heterocycles. The molecule has 1 aromatic heterocycles. The molecule has 6 nitrogen and oxygen atoms in total. The Morgan fingerprint density at radius 1 is 1.14 bits per heavy atom. The molecule has 2 aromatic carbocycles. The van der Waals surface area contributed by atoms with Gasteiger partial charge in [-0.25, -0.2) is 0 Å². The van der Waals surface area contributed by atoms with E-state index in [2.05, 4.69) is 20.8 Å². The van der Waals surface area contributed by atoms with Crippen LogP contribution >= 0.6 is 35.0 Å². The Labute approximate surface area is 177 Å². The number of nitrogens with one attached hydrogen (secondary N) is 2. The highest BCUT2D eigenvalue weighted by Gasteiger charge is 2.12. The van der Waals surface area contributed by atoms with Crippen LogP contribution in [0.4, 0.5) is 11.4 Å². The summed E-state index contributed by atoms with van der Waals surface area (Å²) in [7, 11) is 1.87. The first-order chi connectivity index (χ1) is 13.4. The molecule has 0 radical (unpaired) electrons. The van der Waals surface area contributed by atoms with Crippen LogP contribution in [0.2, 0.25) is 10.0 Å². The third-order valence-corrected chi connectivity index (χ3v) is 5.78. The number of aromatic nitrogens is 3. The summed E-state index contributed by atoms with van der Waals surface area (Å²) in [6.07, 6.45) is 0. The van der Waals surface area contributed by atoms with Crippen molar-refractivity contribution in [3.8, 4) is 0 Å². The summed E-state index contributed by atoms with van der Waals surface area (Å²) in [4.78, 5) is 12.2. The molecule has 0 fully saturated rings. The van der Waals surface area contributed by atoms with E-state index in [0.29, 0.717) is 27.4 Å². The van der Waals surface area contributed by atoms with E-state index >= 15 is 0 Å². The first kappa shape index (κ1) is 20.5. The molecule has 0 unspecified atom stereocenters. The maximum Gasteiger partial charge on any atom is 0.234 e. The van der Waals surface area contributed by atoms with Crippen molar-refractivity contribution in [1.29, 1.82) is 0 Å². The van der Waals surface area contributed by atoms with Gasteiger partial charge in [0.05, 0.1) is 23.0 Å². The molecule has 1 amide bonds. The van der Waals surface area contributed by atoms with Gasteiger partial charge in [0.1, 0.15) is 0 Å². The number of para-hydroxylation sites is 1. The molecule has 0 saturated heterocycles. The number of anilines is 2. The fourth-order valence-electron chi connectivity index (χ4n) is 2.39. The molecular weight excluding hydrogens is 417 g/mol. The Kier molecular flexibility index (Phi) is 6.83. The molecule has 9 heteroatoms. The van der Waals surface area contributed by atoms with Crippen molar-refractivity contribution >= 4 is 52.2 Å². The molecule has 146 valence electrons. The molecule has 0 saturated carbocycles.